The number of methoxy groups -OCH3 is 14. The third-order valence-corrected chi connectivity index (χ3v) is 24.1. The Labute approximate surface area is 637 Å². The lowest BCUT2D eigenvalue weighted by Crippen LogP contribution is -2.69. The molecule has 0 aliphatic carbocycles. The van der Waals surface area contributed by atoms with Gasteiger partial charge in [-0.1, -0.05) is 24.3 Å². The number of fused-ring (bicyclic) bond motifs is 2. The lowest BCUT2D eigenvalue weighted by atomic mass is 9.94. The minimum atomic E-state index is -4.70. The van der Waals surface area contributed by atoms with Crippen LogP contribution in [0.3, 0.4) is 0 Å². The first-order valence-corrected chi connectivity index (χ1v) is 38.5. The van der Waals surface area contributed by atoms with Crippen molar-refractivity contribution in [2.75, 3.05) is 146 Å². The van der Waals surface area contributed by atoms with E-state index in [9.17, 15) is 42.4 Å². The molecule has 5 N–H and O–H groups in total. The Bertz CT molecular complexity index is 3330. The third kappa shape index (κ3) is 18.0. The standard InChI is InChI=1S/C69H106O39S2/c1-79-49-42-35(24-70)96-64(57(49)87-9)104-44-37(26-72)98-66(59(89-11)51(44)81-3)107-47-40-29-93-109(75,76)33-19-15-31(16-20-33)23-32-17-21-34(22-18-32)110(77,78)94-30-41-48(108-67-60(90-12)53(83-5)46(39(28-74)99-67)106-69(101-40)62(92-14)54(47)84-6)55(85-7)61(91-13)68(100-41)105-45-38(27-73)97-65(58(88-10)52(45)82-4)103-43-36(25-71)95-63(102-42)56(86-8)50(43)80-2/h15-22,35-74H,23-30H2,1-14H3/t35-,36-,37-,38-,39-,40-,41-,42-,43-,44-,45-,46-,47-,48-,49+,50+,51+,52+,53+,54+,55+,56-,57-,58-,59-,60-,61-,62-,63-,64-,65-,66-,67-,68-,69-/m1/s1. The van der Waals surface area contributed by atoms with Crippen LogP contribution in [-0.2, 0) is 168 Å². The molecule has 0 radical (unpaired) electrons. The fraction of sp³-hybridized carbons (Fsp3) is 0.826. The third-order valence-electron chi connectivity index (χ3n) is 21.5. The average Bonchev–Trinajstić information content (AvgIpc) is 0.766. The number of rotatable bonds is 19. The zero-order valence-electron chi connectivity index (χ0n) is 63.4. The van der Waals surface area contributed by atoms with Crippen molar-refractivity contribution in [2.45, 2.75) is 231 Å². The summed E-state index contributed by atoms with van der Waals surface area (Å²) in [6, 6.07) is 11.5. The van der Waals surface area contributed by atoms with Crippen LogP contribution in [0.4, 0.5) is 0 Å². The normalized spacial score (nSPS) is 44.2. The summed E-state index contributed by atoms with van der Waals surface area (Å²) < 4.78 is 250. The van der Waals surface area contributed by atoms with Gasteiger partial charge in [-0.25, -0.2) is 0 Å². The summed E-state index contributed by atoms with van der Waals surface area (Å²) in [5, 5.41) is 56.8. The van der Waals surface area contributed by atoms with E-state index in [0.717, 1.165) is 0 Å². The van der Waals surface area contributed by atoms with Gasteiger partial charge in [0.05, 0.1) is 56.0 Å². The number of hydrogen-bond acceptors (Lipinski definition) is 39. The summed E-state index contributed by atoms with van der Waals surface area (Å²) in [7, 11) is 9.19. The summed E-state index contributed by atoms with van der Waals surface area (Å²) in [6.07, 6.45) is -48.7. The first kappa shape index (κ1) is 87.8. The fourth-order valence-electron chi connectivity index (χ4n) is 16.0. The molecule has 0 unspecified atom stereocenters. The molecule has 628 valence electrons. The van der Waals surface area contributed by atoms with E-state index < -0.39 is 281 Å². The molecule has 18 saturated heterocycles. The summed E-state index contributed by atoms with van der Waals surface area (Å²) >= 11 is 0. The zero-order valence-corrected chi connectivity index (χ0v) is 65.0. The highest BCUT2D eigenvalue weighted by Crippen LogP contribution is 2.43. The van der Waals surface area contributed by atoms with Gasteiger partial charge < -0.3 is 158 Å². The Morgan fingerprint density at radius 1 is 0.264 bits per heavy atom. The van der Waals surface area contributed by atoms with Crippen LogP contribution in [0.15, 0.2) is 58.3 Å². The molecular formula is C69H106O39S2. The Kier molecular flexibility index (Phi) is 31.5. The van der Waals surface area contributed by atoms with E-state index in [-0.39, 0.29) is 16.2 Å². The maximum absolute atomic E-state index is 14.5. The Morgan fingerprint density at radius 2 is 0.445 bits per heavy atom. The summed E-state index contributed by atoms with van der Waals surface area (Å²) in [5.41, 5.74) is 1.23. The van der Waals surface area contributed by atoms with Crippen molar-refractivity contribution in [2.24, 2.45) is 0 Å². The van der Waals surface area contributed by atoms with Crippen molar-refractivity contribution in [3.8, 4) is 0 Å². The minimum absolute atomic E-state index is 0.200. The Morgan fingerprint density at radius 3 is 0.636 bits per heavy atom. The molecule has 35 atom stereocenters. The van der Waals surface area contributed by atoms with Crippen LogP contribution in [0.1, 0.15) is 11.1 Å². The summed E-state index contributed by atoms with van der Waals surface area (Å²) in [4.78, 5) is -0.550. The van der Waals surface area contributed by atoms with Gasteiger partial charge in [0.15, 0.2) is 44.0 Å². The van der Waals surface area contributed by atoms with E-state index in [1.165, 1.54) is 124 Å². The quantitative estimate of drug-likeness (QED) is 0.0858. The molecule has 2 aromatic carbocycles. The summed E-state index contributed by atoms with van der Waals surface area (Å²) in [5.74, 6) is 0. The summed E-state index contributed by atoms with van der Waals surface area (Å²) in [6.45, 7) is -5.56. The molecule has 110 heavy (non-hydrogen) atoms. The topological polar surface area (TPSA) is 446 Å². The predicted octanol–water partition coefficient (Wildman–Crippen LogP) is -3.34. The first-order chi connectivity index (χ1) is 53.1. The highest BCUT2D eigenvalue weighted by atomic mass is 32.2. The molecule has 2 aromatic rings. The van der Waals surface area contributed by atoms with Gasteiger partial charge in [0.2, 0.25) is 0 Å². The SMILES string of the molecule is CO[C@@H]1[C@@H](OC)[C@H]2O[C@H]3[C@H](OC)[C@@H](OC)[C@@H](O[C@H]4[C@H](OC)[C@@H](OC)[C@H]5O[C@H]6[C@H](OC)[C@@H](OC)[C@@H](O[C@H]7[C@H](OC)[C@@H](OC)[C@@H](O[C@H]8[C@H](OC)[C@@H](OC)[C@@H](O[C@H]9[C@H](OC)[C@@H](OC)[C@@H](O[C@@H]1[C@@H](CO)O2)O[C@@H]9CO)O[C@@H]8CO)O[C@@H]7COS(=O)(=O)c1ccc(cc1)Cc1ccc(cc1)S(=O)(=O)OC[C@H]4O5)O[C@@H]6CO)O[C@@H]3CO. The molecule has 23 aliphatic heterocycles. The second kappa shape index (κ2) is 39.5. The monoisotopic (exact) mass is 1620 g/mol. The van der Waals surface area contributed by atoms with E-state index in [4.69, 9.17) is 141 Å². The molecule has 20 bridgehead atoms. The van der Waals surface area contributed by atoms with Crippen LogP contribution in [-0.4, -0.2) is 403 Å². The van der Waals surface area contributed by atoms with E-state index in [1.807, 2.05) is 0 Å². The van der Waals surface area contributed by atoms with E-state index in [1.54, 1.807) is 24.3 Å². The van der Waals surface area contributed by atoms with Gasteiger partial charge in [0.25, 0.3) is 20.2 Å². The maximum Gasteiger partial charge on any atom is 0.297 e. The number of aliphatic hydroxyl groups is 5. The predicted molar refractivity (Wildman–Crippen MR) is 363 cm³/mol. The maximum atomic E-state index is 14.5. The smallest absolute Gasteiger partial charge is 0.297 e. The second-order valence-electron chi connectivity index (χ2n) is 27.2. The van der Waals surface area contributed by atoms with Gasteiger partial charge in [0, 0.05) is 99.5 Å². The van der Waals surface area contributed by atoms with Crippen molar-refractivity contribution >= 4 is 20.2 Å². The molecular weight excluding hydrogens is 1520 g/mol. The van der Waals surface area contributed by atoms with Crippen molar-refractivity contribution < 1.29 is 183 Å². The molecule has 0 spiro atoms. The van der Waals surface area contributed by atoms with Crippen molar-refractivity contribution in [3.05, 3.63) is 59.7 Å². The van der Waals surface area contributed by atoms with Gasteiger partial charge in [-0.05, 0) is 41.8 Å². The molecule has 41 heteroatoms. The van der Waals surface area contributed by atoms with Crippen LogP contribution in [0.5, 0.6) is 0 Å². The lowest BCUT2D eigenvalue weighted by Gasteiger charge is -2.52. The number of benzene rings is 2. The second-order valence-corrected chi connectivity index (χ2v) is 30.4. The largest absolute Gasteiger partial charge is 0.394 e. The molecule has 23 aliphatic rings. The van der Waals surface area contributed by atoms with Crippen molar-refractivity contribution in [1.29, 1.82) is 0 Å². The lowest BCUT2D eigenvalue weighted by molar-refractivity contribution is -0.402. The molecule has 25 rings (SSSR count). The van der Waals surface area contributed by atoms with Gasteiger partial charge in [-0.15, -0.1) is 0 Å². The molecule has 0 saturated carbocycles. The molecule has 0 aromatic heterocycles. The first-order valence-electron chi connectivity index (χ1n) is 35.7. The number of ether oxygens (including phenoxy) is 28. The minimum Gasteiger partial charge on any atom is -0.394 e. The molecule has 0 amide bonds. The van der Waals surface area contributed by atoms with Gasteiger partial charge in [-0.2, -0.15) is 16.8 Å². The zero-order chi connectivity index (χ0) is 79.0. The van der Waals surface area contributed by atoms with Gasteiger partial charge in [-0.3, -0.25) is 8.37 Å². The van der Waals surface area contributed by atoms with E-state index in [2.05, 4.69) is 0 Å². The molecule has 23 heterocycles. The van der Waals surface area contributed by atoms with Crippen LogP contribution in [0.2, 0.25) is 0 Å². The van der Waals surface area contributed by atoms with Gasteiger partial charge >= 0.3 is 0 Å². The van der Waals surface area contributed by atoms with Crippen LogP contribution >= 0.6 is 0 Å². The molecule has 18 fully saturated rings. The van der Waals surface area contributed by atoms with Crippen LogP contribution in [0.25, 0.3) is 0 Å². The highest BCUT2D eigenvalue weighted by molar-refractivity contribution is 7.87. The number of hydrogen-bond donors (Lipinski definition) is 5. The highest BCUT2D eigenvalue weighted by Gasteiger charge is 2.62. The average molecular weight is 1620 g/mol. The van der Waals surface area contributed by atoms with Crippen molar-refractivity contribution in [3.63, 3.8) is 0 Å². The number of aliphatic hydroxyl groups excluding tert-OH is 5. The van der Waals surface area contributed by atoms with Gasteiger partial charge in [0.1, 0.15) is 171 Å². The van der Waals surface area contributed by atoms with Crippen LogP contribution in [0, 0.1) is 0 Å². The molecule has 39 nitrogen and oxygen atoms in total. The van der Waals surface area contributed by atoms with E-state index in [0.29, 0.717) is 11.1 Å². The van der Waals surface area contributed by atoms with Crippen LogP contribution < -0.4 is 0 Å². The van der Waals surface area contributed by atoms with E-state index >= 15 is 0 Å². The Hall–Kier alpha value is -3.06. The fourth-order valence-corrected chi connectivity index (χ4v) is 17.8. The van der Waals surface area contributed by atoms with Crippen molar-refractivity contribution in [1.82, 2.24) is 0 Å². The Balaban J connectivity index is 1.05.